The molecular weight excluding hydrogens is 402 g/mol. The van der Waals surface area contributed by atoms with E-state index in [-0.39, 0.29) is 11.7 Å². The van der Waals surface area contributed by atoms with Gasteiger partial charge in [0, 0.05) is 31.4 Å². The molecule has 0 spiro atoms. The van der Waals surface area contributed by atoms with Gasteiger partial charge in [-0.3, -0.25) is 18.7 Å². The van der Waals surface area contributed by atoms with Crippen LogP contribution in [0.4, 0.5) is 5.69 Å². The predicted molar refractivity (Wildman–Crippen MR) is 111 cm³/mol. The molecule has 2 heterocycles. The fourth-order valence-electron chi connectivity index (χ4n) is 2.88. The van der Waals surface area contributed by atoms with E-state index in [1.54, 1.807) is 23.7 Å². The Balaban J connectivity index is 1.88. The van der Waals surface area contributed by atoms with E-state index in [9.17, 15) is 14.4 Å². The molecule has 2 aromatic heterocycles. The van der Waals surface area contributed by atoms with Crippen molar-refractivity contribution in [1.29, 1.82) is 0 Å². The molecule has 3 rings (SSSR count). The van der Waals surface area contributed by atoms with Crippen LogP contribution in [0.15, 0.2) is 32.9 Å². The van der Waals surface area contributed by atoms with E-state index in [2.05, 4.69) is 10.3 Å². The second-order valence-corrected chi connectivity index (χ2v) is 7.69. The minimum absolute atomic E-state index is 0.101. The average Bonchev–Trinajstić information content (AvgIpc) is 3.04. The summed E-state index contributed by atoms with van der Waals surface area (Å²) < 4.78 is 4.11. The number of carbonyl (C=O) groups excluding carboxylic acids is 1. The summed E-state index contributed by atoms with van der Waals surface area (Å²) in [6.07, 6.45) is 0. The molecule has 1 amide bonds. The summed E-state index contributed by atoms with van der Waals surface area (Å²) >= 11 is 7.19. The monoisotopic (exact) mass is 421 g/mol. The van der Waals surface area contributed by atoms with Gasteiger partial charge in [0.2, 0.25) is 5.91 Å². The van der Waals surface area contributed by atoms with Gasteiger partial charge < -0.3 is 9.88 Å². The number of carbonyl (C=O) groups is 1. The Morgan fingerprint density at radius 1 is 1.25 bits per heavy atom. The molecule has 1 N–H and O–H groups in total. The molecular formula is C18H20ClN5O3S. The van der Waals surface area contributed by atoms with Crippen molar-refractivity contribution in [2.24, 2.45) is 14.1 Å². The summed E-state index contributed by atoms with van der Waals surface area (Å²) in [6.45, 7) is 4.25. The highest BCUT2D eigenvalue weighted by molar-refractivity contribution is 7.99. The normalized spacial score (nSPS) is 11.2. The van der Waals surface area contributed by atoms with Crippen molar-refractivity contribution in [3.63, 3.8) is 0 Å². The van der Waals surface area contributed by atoms with Crippen LogP contribution < -0.4 is 16.6 Å². The van der Waals surface area contributed by atoms with Crippen LogP contribution in [0.5, 0.6) is 0 Å². The van der Waals surface area contributed by atoms with Gasteiger partial charge in [0.1, 0.15) is 0 Å². The van der Waals surface area contributed by atoms with Crippen molar-refractivity contribution in [2.75, 3.05) is 11.1 Å². The molecule has 3 aromatic rings. The Hall–Kier alpha value is -2.52. The molecule has 0 saturated carbocycles. The lowest BCUT2D eigenvalue weighted by atomic mass is 10.2. The standard InChI is InChI=1S/C18H20ClN5O3S/c1-5-24-14-15(22(3)18(27)23(4)16(14)26)21-17(24)28-9-13(25)20-12-8-11(19)7-6-10(12)2/h6-8H,5,9H2,1-4H3,(H,20,25). The maximum atomic E-state index is 12.5. The lowest BCUT2D eigenvalue weighted by molar-refractivity contribution is -0.113. The van der Waals surface area contributed by atoms with Crippen molar-refractivity contribution >= 4 is 46.1 Å². The lowest BCUT2D eigenvalue weighted by Crippen LogP contribution is -2.37. The molecule has 1 aromatic carbocycles. The quantitative estimate of drug-likeness (QED) is 0.637. The maximum Gasteiger partial charge on any atom is 0.332 e. The number of aryl methyl sites for hydroxylation is 3. The molecule has 10 heteroatoms. The Kier molecular flexibility index (Phi) is 5.66. The summed E-state index contributed by atoms with van der Waals surface area (Å²) in [4.78, 5) is 41.5. The molecule has 0 aliphatic carbocycles. The van der Waals surface area contributed by atoms with E-state index in [4.69, 9.17) is 11.6 Å². The number of hydrogen-bond acceptors (Lipinski definition) is 5. The highest BCUT2D eigenvalue weighted by atomic mass is 35.5. The Morgan fingerprint density at radius 3 is 2.64 bits per heavy atom. The summed E-state index contributed by atoms with van der Waals surface area (Å²) in [5, 5.41) is 3.88. The third-order valence-corrected chi connectivity index (χ3v) is 5.65. The molecule has 0 bridgehead atoms. The average molecular weight is 422 g/mol. The first-order valence-electron chi connectivity index (χ1n) is 8.59. The van der Waals surface area contributed by atoms with Gasteiger partial charge in [0.25, 0.3) is 5.56 Å². The first-order chi connectivity index (χ1) is 13.2. The van der Waals surface area contributed by atoms with Gasteiger partial charge in [-0.25, -0.2) is 9.78 Å². The molecule has 0 aliphatic rings. The molecule has 0 saturated heterocycles. The Bertz CT molecular complexity index is 1190. The van der Waals surface area contributed by atoms with E-state index in [0.29, 0.717) is 33.6 Å². The first-order valence-corrected chi connectivity index (χ1v) is 9.96. The van der Waals surface area contributed by atoms with Crippen molar-refractivity contribution in [3.05, 3.63) is 49.6 Å². The predicted octanol–water partition coefficient (Wildman–Crippen LogP) is 2.15. The van der Waals surface area contributed by atoms with Gasteiger partial charge in [0.15, 0.2) is 16.3 Å². The summed E-state index contributed by atoms with van der Waals surface area (Å²) in [5.74, 6) is -0.115. The highest BCUT2D eigenvalue weighted by Gasteiger charge is 2.19. The van der Waals surface area contributed by atoms with Crippen molar-refractivity contribution in [1.82, 2.24) is 18.7 Å². The molecule has 0 unspecified atom stereocenters. The number of halogens is 1. The number of thioether (sulfide) groups is 1. The fourth-order valence-corrected chi connectivity index (χ4v) is 3.91. The second kappa shape index (κ2) is 7.84. The number of imidazole rings is 1. The number of benzene rings is 1. The van der Waals surface area contributed by atoms with Crippen molar-refractivity contribution in [2.45, 2.75) is 25.5 Å². The number of fused-ring (bicyclic) bond motifs is 1. The number of aromatic nitrogens is 4. The number of rotatable bonds is 5. The number of anilines is 1. The van der Waals surface area contributed by atoms with Crippen LogP contribution >= 0.6 is 23.4 Å². The summed E-state index contributed by atoms with van der Waals surface area (Å²) in [7, 11) is 3.00. The molecule has 148 valence electrons. The molecule has 0 fully saturated rings. The zero-order valence-corrected chi connectivity index (χ0v) is 17.5. The molecule has 0 radical (unpaired) electrons. The van der Waals surface area contributed by atoms with Gasteiger partial charge in [0.05, 0.1) is 5.75 Å². The van der Waals surface area contributed by atoms with Gasteiger partial charge in [-0.05, 0) is 31.5 Å². The number of amides is 1. The maximum absolute atomic E-state index is 12.5. The third-order valence-electron chi connectivity index (χ3n) is 4.44. The minimum Gasteiger partial charge on any atom is -0.325 e. The summed E-state index contributed by atoms with van der Waals surface area (Å²) in [5.41, 5.74) is 1.37. The Morgan fingerprint density at radius 2 is 1.96 bits per heavy atom. The number of nitrogens with one attached hydrogen (secondary N) is 1. The van der Waals surface area contributed by atoms with E-state index in [1.807, 2.05) is 19.9 Å². The highest BCUT2D eigenvalue weighted by Crippen LogP contribution is 2.23. The van der Waals surface area contributed by atoms with Crippen LogP contribution in [0.1, 0.15) is 12.5 Å². The van der Waals surface area contributed by atoms with Crippen LogP contribution in [0.2, 0.25) is 5.02 Å². The van der Waals surface area contributed by atoms with E-state index in [0.717, 1.165) is 10.1 Å². The van der Waals surface area contributed by atoms with Gasteiger partial charge >= 0.3 is 5.69 Å². The topological polar surface area (TPSA) is 90.9 Å². The van der Waals surface area contributed by atoms with Gasteiger partial charge in [-0.1, -0.05) is 29.4 Å². The second-order valence-electron chi connectivity index (χ2n) is 6.31. The third kappa shape index (κ3) is 3.59. The first kappa shape index (κ1) is 20.2. The van der Waals surface area contributed by atoms with E-state index >= 15 is 0 Å². The van der Waals surface area contributed by atoms with E-state index < -0.39 is 11.2 Å². The van der Waals surface area contributed by atoms with Crippen molar-refractivity contribution < 1.29 is 4.79 Å². The summed E-state index contributed by atoms with van der Waals surface area (Å²) in [6, 6.07) is 5.29. The van der Waals surface area contributed by atoms with E-state index in [1.165, 1.54) is 23.4 Å². The molecule has 0 aliphatic heterocycles. The molecule has 0 atom stereocenters. The van der Waals surface area contributed by atoms with Crippen molar-refractivity contribution in [3.8, 4) is 0 Å². The zero-order chi connectivity index (χ0) is 20.6. The van der Waals surface area contributed by atoms with Gasteiger partial charge in [-0.2, -0.15) is 0 Å². The van der Waals surface area contributed by atoms with Crippen LogP contribution in [0.25, 0.3) is 11.2 Å². The van der Waals surface area contributed by atoms with Gasteiger partial charge in [-0.15, -0.1) is 0 Å². The molecule has 28 heavy (non-hydrogen) atoms. The minimum atomic E-state index is -0.441. The smallest absolute Gasteiger partial charge is 0.325 e. The number of nitrogens with zero attached hydrogens (tertiary/aromatic N) is 4. The van der Waals surface area contributed by atoms with Crippen LogP contribution in [0.3, 0.4) is 0 Å². The van der Waals surface area contributed by atoms with Crippen LogP contribution in [-0.4, -0.2) is 30.3 Å². The Labute approximate surface area is 170 Å². The number of hydrogen-bond donors (Lipinski definition) is 1. The zero-order valence-electron chi connectivity index (χ0n) is 15.9. The fraction of sp³-hybridized carbons (Fsp3) is 0.333. The van der Waals surface area contributed by atoms with Crippen LogP contribution in [0, 0.1) is 6.92 Å². The molecule has 8 nitrogen and oxygen atoms in total. The lowest BCUT2D eigenvalue weighted by Gasteiger charge is -2.09. The largest absolute Gasteiger partial charge is 0.332 e. The van der Waals surface area contributed by atoms with Crippen LogP contribution in [-0.2, 0) is 25.4 Å². The SMILES string of the molecule is CCn1c(SCC(=O)Nc2cc(Cl)ccc2C)nc2c1c(=O)n(C)c(=O)n2C.